The van der Waals surface area contributed by atoms with Crippen LogP contribution in [-0.4, -0.2) is 19.2 Å². The maximum Gasteiger partial charge on any atom is 0.234 e. The number of nitriles is 1. The average Bonchev–Trinajstić information content (AvgIpc) is 3.01. The van der Waals surface area contributed by atoms with Gasteiger partial charge >= 0.3 is 0 Å². The number of hydrogen-bond acceptors (Lipinski definition) is 4. The summed E-state index contributed by atoms with van der Waals surface area (Å²) in [6, 6.07) is 4.94. The topological polar surface area (TPSA) is 82.9 Å². The summed E-state index contributed by atoms with van der Waals surface area (Å²) in [5.74, 6) is 0.727. The second-order valence-electron chi connectivity index (χ2n) is 3.87. The first-order valence-electron chi connectivity index (χ1n) is 4.96. The number of hydrogen-bond donors (Lipinski definition) is 1. The Balaban J connectivity index is 2.05. The number of rotatable bonds is 4. The van der Waals surface area contributed by atoms with Crippen LogP contribution < -0.4 is 4.72 Å². The Bertz CT molecular complexity index is 512. The van der Waals surface area contributed by atoms with Crippen molar-refractivity contribution in [1.82, 2.24) is 4.98 Å². The molecule has 1 aliphatic rings. The van der Waals surface area contributed by atoms with Gasteiger partial charge in [-0.1, -0.05) is 0 Å². The maximum absolute atomic E-state index is 11.6. The molecule has 0 saturated heterocycles. The van der Waals surface area contributed by atoms with Gasteiger partial charge in [-0.2, -0.15) is 5.26 Å². The van der Waals surface area contributed by atoms with E-state index in [-0.39, 0.29) is 11.6 Å². The van der Waals surface area contributed by atoms with E-state index in [1.54, 1.807) is 0 Å². The van der Waals surface area contributed by atoms with Crippen LogP contribution in [0.5, 0.6) is 0 Å². The third-order valence-corrected chi connectivity index (χ3v) is 3.74. The summed E-state index contributed by atoms with van der Waals surface area (Å²) < 4.78 is 25.6. The van der Waals surface area contributed by atoms with Crippen LogP contribution in [0.1, 0.15) is 18.4 Å². The molecule has 1 saturated carbocycles. The van der Waals surface area contributed by atoms with Gasteiger partial charge in [-0.25, -0.2) is 13.4 Å². The molecule has 2 rings (SSSR count). The summed E-state index contributed by atoms with van der Waals surface area (Å²) in [5, 5.41) is 8.56. The first-order valence-corrected chi connectivity index (χ1v) is 6.61. The molecule has 16 heavy (non-hydrogen) atoms. The molecule has 1 aromatic heterocycles. The van der Waals surface area contributed by atoms with Crippen molar-refractivity contribution in [2.45, 2.75) is 12.8 Å². The molecule has 0 unspecified atom stereocenters. The van der Waals surface area contributed by atoms with E-state index in [1.165, 1.54) is 18.3 Å². The number of nitrogens with one attached hydrogen (secondary N) is 1. The SMILES string of the molecule is N#Cc1ccc(NS(=O)(=O)CC2CC2)nc1. The number of pyridine rings is 1. The zero-order chi connectivity index (χ0) is 11.6. The molecule has 0 radical (unpaired) electrons. The molecule has 1 aromatic rings. The zero-order valence-corrected chi connectivity index (χ0v) is 9.37. The summed E-state index contributed by atoms with van der Waals surface area (Å²) in [6.07, 6.45) is 3.32. The van der Waals surface area contributed by atoms with Crippen LogP contribution in [0.25, 0.3) is 0 Å². The smallest absolute Gasteiger partial charge is 0.234 e. The lowest BCUT2D eigenvalue weighted by Gasteiger charge is -2.05. The van der Waals surface area contributed by atoms with Gasteiger partial charge in [0.25, 0.3) is 0 Å². The molecular formula is C10H11N3O2S. The van der Waals surface area contributed by atoms with Gasteiger partial charge in [-0.3, -0.25) is 4.72 Å². The standard InChI is InChI=1S/C10H11N3O2S/c11-5-9-3-4-10(12-6-9)13-16(14,15)7-8-1-2-8/h3-4,6,8H,1-2,7H2,(H,12,13). The average molecular weight is 237 g/mol. The highest BCUT2D eigenvalue weighted by molar-refractivity contribution is 7.92. The lowest BCUT2D eigenvalue weighted by Crippen LogP contribution is -2.18. The highest BCUT2D eigenvalue weighted by atomic mass is 32.2. The van der Waals surface area contributed by atoms with Crippen LogP contribution in [0.15, 0.2) is 18.3 Å². The monoisotopic (exact) mass is 237 g/mol. The second-order valence-corrected chi connectivity index (χ2v) is 5.64. The van der Waals surface area contributed by atoms with Gasteiger partial charge in [0.1, 0.15) is 11.9 Å². The predicted molar refractivity (Wildman–Crippen MR) is 59.1 cm³/mol. The summed E-state index contributed by atoms with van der Waals surface area (Å²) in [7, 11) is -3.29. The number of aromatic nitrogens is 1. The third-order valence-electron chi connectivity index (χ3n) is 2.30. The molecule has 0 amide bonds. The van der Waals surface area contributed by atoms with Crippen LogP contribution in [0.4, 0.5) is 5.82 Å². The Labute approximate surface area is 94.2 Å². The molecule has 0 atom stereocenters. The Hall–Kier alpha value is -1.61. The minimum atomic E-state index is -3.29. The van der Waals surface area contributed by atoms with Crippen molar-refractivity contribution >= 4 is 15.8 Å². The van der Waals surface area contributed by atoms with E-state index in [1.807, 2.05) is 6.07 Å². The summed E-state index contributed by atoms with van der Waals surface area (Å²) in [5.41, 5.74) is 0.408. The van der Waals surface area contributed by atoms with Crippen molar-refractivity contribution < 1.29 is 8.42 Å². The molecule has 6 heteroatoms. The number of nitrogens with zero attached hydrogens (tertiary/aromatic N) is 2. The van der Waals surface area contributed by atoms with Crippen molar-refractivity contribution in [3.05, 3.63) is 23.9 Å². The van der Waals surface area contributed by atoms with E-state index in [0.29, 0.717) is 11.5 Å². The summed E-state index contributed by atoms with van der Waals surface area (Å²) >= 11 is 0. The molecule has 5 nitrogen and oxygen atoms in total. The van der Waals surface area contributed by atoms with E-state index in [4.69, 9.17) is 5.26 Å². The minimum Gasteiger partial charge on any atom is -0.267 e. The molecule has 84 valence electrons. The first kappa shape index (κ1) is 10.9. The van der Waals surface area contributed by atoms with Crippen molar-refractivity contribution in [1.29, 1.82) is 5.26 Å². The molecule has 0 spiro atoms. The van der Waals surface area contributed by atoms with Crippen molar-refractivity contribution in [2.24, 2.45) is 5.92 Å². The van der Waals surface area contributed by atoms with Crippen molar-refractivity contribution in [2.75, 3.05) is 10.5 Å². The number of anilines is 1. The first-order chi connectivity index (χ1) is 7.59. The van der Waals surface area contributed by atoms with E-state index >= 15 is 0 Å². The maximum atomic E-state index is 11.6. The third kappa shape index (κ3) is 2.94. The quantitative estimate of drug-likeness (QED) is 0.850. The van der Waals surface area contributed by atoms with Gasteiger partial charge in [-0.05, 0) is 30.9 Å². The molecular weight excluding hydrogens is 226 g/mol. The zero-order valence-electron chi connectivity index (χ0n) is 8.55. The van der Waals surface area contributed by atoms with Crippen LogP contribution in [-0.2, 0) is 10.0 Å². The van der Waals surface area contributed by atoms with Gasteiger partial charge in [-0.15, -0.1) is 0 Å². The van der Waals surface area contributed by atoms with E-state index in [2.05, 4.69) is 9.71 Å². The van der Waals surface area contributed by atoms with Crippen LogP contribution in [0, 0.1) is 17.2 Å². The van der Waals surface area contributed by atoms with Gasteiger partial charge in [0.05, 0.1) is 11.3 Å². The predicted octanol–water partition coefficient (Wildman–Crippen LogP) is 1.10. The Kier molecular flexibility index (Phi) is 2.79. The normalized spacial score (nSPS) is 15.4. The van der Waals surface area contributed by atoms with Crippen molar-refractivity contribution in [3.8, 4) is 6.07 Å². The molecule has 0 aromatic carbocycles. The summed E-state index contributed by atoms with van der Waals surface area (Å²) in [4.78, 5) is 3.85. The summed E-state index contributed by atoms with van der Waals surface area (Å²) in [6.45, 7) is 0. The minimum absolute atomic E-state index is 0.161. The fourth-order valence-corrected chi connectivity index (χ4v) is 2.79. The van der Waals surface area contributed by atoms with Crippen molar-refractivity contribution in [3.63, 3.8) is 0 Å². The Morgan fingerprint density at radius 3 is 2.75 bits per heavy atom. The molecule has 0 aliphatic heterocycles. The van der Waals surface area contributed by atoms with E-state index in [9.17, 15) is 8.42 Å². The van der Waals surface area contributed by atoms with Gasteiger partial charge < -0.3 is 0 Å². The van der Waals surface area contributed by atoms with Gasteiger partial charge in [0, 0.05) is 6.20 Å². The molecule has 1 fully saturated rings. The Morgan fingerprint density at radius 1 is 1.50 bits per heavy atom. The highest BCUT2D eigenvalue weighted by Crippen LogP contribution is 2.30. The largest absolute Gasteiger partial charge is 0.267 e. The van der Waals surface area contributed by atoms with Gasteiger partial charge in [0.2, 0.25) is 10.0 Å². The van der Waals surface area contributed by atoms with Gasteiger partial charge in [0.15, 0.2) is 0 Å². The van der Waals surface area contributed by atoms with E-state index in [0.717, 1.165) is 12.8 Å². The number of sulfonamides is 1. The highest BCUT2D eigenvalue weighted by Gasteiger charge is 2.28. The molecule has 0 bridgehead atoms. The lowest BCUT2D eigenvalue weighted by molar-refractivity contribution is 0.597. The second kappa shape index (κ2) is 4.10. The molecule has 1 heterocycles. The van der Waals surface area contributed by atoms with Crippen LogP contribution in [0.3, 0.4) is 0 Å². The lowest BCUT2D eigenvalue weighted by atomic mass is 10.3. The Morgan fingerprint density at radius 2 is 2.25 bits per heavy atom. The molecule has 1 aliphatic carbocycles. The molecule has 1 N–H and O–H groups in total. The van der Waals surface area contributed by atoms with Crippen LogP contribution in [0.2, 0.25) is 0 Å². The van der Waals surface area contributed by atoms with E-state index < -0.39 is 10.0 Å². The van der Waals surface area contributed by atoms with Crippen LogP contribution >= 0.6 is 0 Å². The fraction of sp³-hybridized carbons (Fsp3) is 0.400. The fourth-order valence-electron chi connectivity index (χ4n) is 1.32.